The molecule has 1 aliphatic carbocycles. The first-order valence-electron chi connectivity index (χ1n) is 8.77. The Kier molecular flexibility index (Phi) is 4.83. The molecule has 0 bridgehead atoms. The number of rotatable bonds is 4. The monoisotopic (exact) mass is 352 g/mol. The van der Waals surface area contributed by atoms with Gasteiger partial charge in [0, 0.05) is 11.1 Å². The summed E-state index contributed by atoms with van der Waals surface area (Å²) in [5.74, 6) is -0.402. The topological polar surface area (TPSA) is 71.5 Å². The zero-order valence-corrected chi connectivity index (χ0v) is 15.6. The van der Waals surface area contributed by atoms with Crippen molar-refractivity contribution in [3.63, 3.8) is 0 Å². The number of esters is 1. The average molecular weight is 352 g/mol. The summed E-state index contributed by atoms with van der Waals surface area (Å²) in [7, 11) is 0. The quantitative estimate of drug-likeness (QED) is 0.639. The van der Waals surface area contributed by atoms with Crippen LogP contribution in [0.5, 0.6) is 0 Å². The van der Waals surface area contributed by atoms with Gasteiger partial charge in [0.1, 0.15) is 0 Å². The van der Waals surface area contributed by atoms with Gasteiger partial charge in [0.15, 0.2) is 0 Å². The predicted molar refractivity (Wildman–Crippen MR) is 101 cm³/mol. The highest BCUT2D eigenvalue weighted by atomic mass is 16.5. The van der Waals surface area contributed by atoms with Crippen LogP contribution in [0.15, 0.2) is 36.4 Å². The maximum atomic E-state index is 12.7. The van der Waals surface area contributed by atoms with Crippen LogP contribution in [0.4, 0.5) is 0 Å². The number of hydroxylamine groups is 1. The fraction of sp³-hybridized carbons (Fsp3) is 0.333. The third-order valence-corrected chi connectivity index (χ3v) is 4.54. The number of aromatic nitrogens is 1. The molecule has 5 heteroatoms. The normalized spacial score (nSPS) is 15.0. The van der Waals surface area contributed by atoms with Crippen LogP contribution in [-0.2, 0) is 11.2 Å². The van der Waals surface area contributed by atoms with Gasteiger partial charge < -0.3 is 4.74 Å². The zero-order valence-electron chi connectivity index (χ0n) is 15.6. The Morgan fingerprint density at radius 1 is 1.27 bits per heavy atom. The van der Waals surface area contributed by atoms with Crippen molar-refractivity contribution in [1.82, 2.24) is 10.5 Å². The molecule has 0 atom stereocenters. The van der Waals surface area contributed by atoms with E-state index in [1.807, 2.05) is 43.3 Å². The molecule has 2 aromatic rings. The van der Waals surface area contributed by atoms with E-state index >= 15 is 0 Å². The molecule has 1 heterocycles. The Bertz CT molecular complexity index is 871. The molecule has 1 aromatic carbocycles. The molecule has 2 N–H and O–H groups in total. The minimum Gasteiger partial charge on any atom is -0.462 e. The van der Waals surface area contributed by atoms with E-state index < -0.39 is 5.97 Å². The van der Waals surface area contributed by atoms with Crippen molar-refractivity contribution in [2.24, 2.45) is 5.41 Å². The summed E-state index contributed by atoms with van der Waals surface area (Å²) in [6, 6.07) is 9.68. The smallest absolute Gasteiger partial charge is 0.340 e. The van der Waals surface area contributed by atoms with Crippen molar-refractivity contribution in [3.8, 4) is 11.1 Å². The molecule has 0 saturated carbocycles. The molecule has 3 rings (SSSR count). The largest absolute Gasteiger partial charge is 0.462 e. The number of fused-ring (bicyclic) bond motifs is 1. The Balaban J connectivity index is 2.38. The van der Waals surface area contributed by atoms with Gasteiger partial charge in [-0.1, -0.05) is 50.3 Å². The Morgan fingerprint density at radius 2 is 1.96 bits per heavy atom. The van der Waals surface area contributed by atoms with Crippen LogP contribution in [-0.4, -0.2) is 22.8 Å². The lowest BCUT2D eigenvalue weighted by molar-refractivity contribution is 0.0525. The molecule has 136 valence electrons. The fourth-order valence-electron chi connectivity index (χ4n) is 3.56. The number of nitrogens with zero attached hydrogens (tertiary/aromatic N) is 1. The Labute approximate surface area is 153 Å². The standard InChI is InChI=1S/C21H24N2O3/c1-5-26-20(24)17-13(2)22-15-11-21(3,4)12-16(23-25)19(15)18(17)14-9-7-6-8-10-14/h6-10,12,23,25H,5,11H2,1-4H3. The molecule has 0 fully saturated rings. The Morgan fingerprint density at radius 3 is 2.58 bits per heavy atom. The maximum Gasteiger partial charge on any atom is 0.340 e. The number of carbonyl (C=O) groups is 1. The highest BCUT2D eigenvalue weighted by Crippen LogP contribution is 2.41. The van der Waals surface area contributed by atoms with Crippen LogP contribution in [0.2, 0.25) is 0 Å². The summed E-state index contributed by atoms with van der Waals surface area (Å²) in [6.07, 6.45) is 2.70. The van der Waals surface area contributed by atoms with Gasteiger partial charge in [0.25, 0.3) is 0 Å². The van der Waals surface area contributed by atoms with Gasteiger partial charge in [0.2, 0.25) is 0 Å². The number of aryl methyl sites for hydroxylation is 1. The number of pyridine rings is 1. The van der Waals surface area contributed by atoms with Crippen molar-refractivity contribution in [2.45, 2.75) is 34.1 Å². The molecule has 26 heavy (non-hydrogen) atoms. The van der Waals surface area contributed by atoms with Gasteiger partial charge in [-0.15, -0.1) is 0 Å². The van der Waals surface area contributed by atoms with Crippen molar-refractivity contribution in [2.75, 3.05) is 6.61 Å². The number of nitrogens with one attached hydrogen (secondary N) is 1. The van der Waals surface area contributed by atoms with Crippen LogP contribution in [0.1, 0.15) is 48.1 Å². The number of hydrogen-bond acceptors (Lipinski definition) is 5. The number of benzene rings is 1. The van der Waals surface area contributed by atoms with Gasteiger partial charge in [-0.25, -0.2) is 4.79 Å². The van der Waals surface area contributed by atoms with Crippen LogP contribution in [0, 0.1) is 12.3 Å². The lowest BCUT2D eigenvalue weighted by Crippen LogP contribution is -2.26. The molecular formula is C21H24N2O3. The van der Waals surface area contributed by atoms with Crippen LogP contribution in [0.3, 0.4) is 0 Å². The summed E-state index contributed by atoms with van der Waals surface area (Å²) in [6.45, 7) is 8.08. The summed E-state index contributed by atoms with van der Waals surface area (Å²) in [4.78, 5) is 17.4. The molecule has 0 spiro atoms. The van der Waals surface area contributed by atoms with E-state index in [0.717, 1.165) is 28.8 Å². The first-order chi connectivity index (χ1) is 12.4. The molecule has 5 nitrogen and oxygen atoms in total. The Hall–Kier alpha value is -2.66. The summed E-state index contributed by atoms with van der Waals surface area (Å²) in [5, 5.41) is 9.78. The molecule has 1 aromatic heterocycles. The minimum absolute atomic E-state index is 0.156. The van der Waals surface area contributed by atoms with Crippen molar-refractivity contribution in [1.29, 1.82) is 0 Å². The first-order valence-corrected chi connectivity index (χ1v) is 8.77. The summed E-state index contributed by atoms with van der Waals surface area (Å²) < 4.78 is 5.29. The molecule has 0 radical (unpaired) electrons. The predicted octanol–water partition coefficient (Wildman–Crippen LogP) is 4.14. The third kappa shape index (κ3) is 3.22. The first kappa shape index (κ1) is 18.1. The molecule has 1 aliphatic rings. The second-order valence-corrected chi connectivity index (χ2v) is 7.19. The van der Waals surface area contributed by atoms with Gasteiger partial charge >= 0.3 is 5.97 Å². The van der Waals surface area contributed by atoms with E-state index in [4.69, 9.17) is 9.72 Å². The number of ether oxygens (including phenoxy) is 1. The van der Waals surface area contributed by atoms with Crippen molar-refractivity contribution in [3.05, 3.63) is 58.9 Å². The van der Waals surface area contributed by atoms with Crippen LogP contribution in [0.25, 0.3) is 16.8 Å². The van der Waals surface area contributed by atoms with E-state index in [0.29, 0.717) is 17.0 Å². The average Bonchev–Trinajstić information content (AvgIpc) is 2.59. The molecule has 0 unspecified atom stereocenters. The molecular weight excluding hydrogens is 328 g/mol. The number of carbonyl (C=O) groups excluding carboxylic acids is 1. The molecule has 0 aliphatic heterocycles. The van der Waals surface area contributed by atoms with E-state index in [2.05, 4.69) is 19.3 Å². The van der Waals surface area contributed by atoms with E-state index in [-0.39, 0.29) is 12.0 Å². The molecule has 0 saturated heterocycles. The molecule has 0 amide bonds. The van der Waals surface area contributed by atoms with E-state index in [1.54, 1.807) is 6.92 Å². The van der Waals surface area contributed by atoms with Crippen LogP contribution >= 0.6 is 0 Å². The minimum atomic E-state index is -0.402. The fourth-order valence-corrected chi connectivity index (χ4v) is 3.56. The van der Waals surface area contributed by atoms with Crippen molar-refractivity contribution >= 4 is 11.7 Å². The third-order valence-electron chi connectivity index (χ3n) is 4.54. The summed E-state index contributed by atoms with van der Waals surface area (Å²) in [5.41, 5.74) is 7.05. The highest BCUT2D eigenvalue weighted by molar-refractivity contribution is 6.02. The number of hydrogen-bond donors (Lipinski definition) is 2. The second kappa shape index (κ2) is 6.92. The van der Waals surface area contributed by atoms with E-state index in [9.17, 15) is 10.0 Å². The highest BCUT2D eigenvalue weighted by Gasteiger charge is 2.32. The second-order valence-electron chi connectivity index (χ2n) is 7.19. The van der Waals surface area contributed by atoms with Crippen LogP contribution < -0.4 is 5.48 Å². The SMILES string of the molecule is CCOC(=O)c1c(C)nc2c(c1-c1ccccc1)C(NO)=CC(C)(C)C2. The lowest BCUT2D eigenvalue weighted by Gasteiger charge is -2.31. The maximum absolute atomic E-state index is 12.7. The zero-order chi connectivity index (χ0) is 18.9. The number of allylic oxidation sites excluding steroid dienone is 1. The van der Waals surface area contributed by atoms with Gasteiger partial charge in [-0.3, -0.25) is 15.7 Å². The van der Waals surface area contributed by atoms with E-state index in [1.165, 1.54) is 0 Å². The van der Waals surface area contributed by atoms with Gasteiger partial charge in [-0.05, 0) is 31.2 Å². The van der Waals surface area contributed by atoms with Gasteiger partial charge in [-0.2, -0.15) is 0 Å². The van der Waals surface area contributed by atoms with Gasteiger partial charge in [0.05, 0.1) is 29.3 Å². The summed E-state index contributed by atoms with van der Waals surface area (Å²) >= 11 is 0. The van der Waals surface area contributed by atoms with Crippen molar-refractivity contribution < 1.29 is 14.7 Å². The lowest BCUT2D eigenvalue weighted by atomic mass is 9.77.